The lowest BCUT2D eigenvalue weighted by Crippen LogP contribution is -1.98. The number of hydrogen-bond donors (Lipinski definition) is 0. The number of ketones is 1. The third-order valence-electron chi connectivity index (χ3n) is 3.24. The van der Waals surface area contributed by atoms with Gasteiger partial charge in [0.15, 0.2) is 0 Å². The van der Waals surface area contributed by atoms with Crippen molar-refractivity contribution in [2.24, 2.45) is 0 Å². The quantitative estimate of drug-likeness (QED) is 0.414. The summed E-state index contributed by atoms with van der Waals surface area (Å²) < 4.78 is 7.48. The second kappa shape index (κ2) is 7.07. The zero-order valence-corrected chi connectivity index (χ0v) is 16.0. The molecule has 0 atom stereocenters. The standard InChI is InChI=1S/C18H12Br2O2S/c1-2-7-22-18-11(8-12(19)10-14(18)20)9-16-17(21)13-5-3-4-6-15(13)23-16/h2-6,8-10H,1,7H2/b16-9-. The van der Waals surface area contributed by atoms with Crippen LogP contribution < -0.4 is 4.74 Å². The van der Waals surface area contributed by atoms with E-state index in [1.807, 2.05) is 42.5 Å². The van der Waals surface area contributed by atoms with Gasteiger partial charge in [-0.1, -0.05) is 52.5 Å². The Hall–Kier alpha value is -1.30. The van der Waals surface area contributed by atoms with E-state index in [2.05, 4.69) is 38.4 Å². The van der Waals surface area contributed by atoms with Crippen molar-refractivity contribution in [3.8, 4) is 5.75 Å². The molecule has 0 spiro atoms. The van der Waals surface area contributed by atoms with E-state index in [0.717, 1.165) is 25.0 Å². The SMILES string of the molecule is C=CCOc1c(Br)cc(Br)cc1/C=C1\Sc2ccccc2C1=O. The van der Waals surface area contributed by atoms with Crippen molar-refractivity contribution in [1.29, 1.82) is 0 Å². The predicted octanol–water partition coefficient (Wildman–Crippen LogP) is 6.11. The summed E-state index contributed by atoms with van der Waals surface area (Å²) in [5.41, 5.74) is 1.60. The van der Waals surface area contributed by atoms with Crippen LogP contribution in [-0.4, -0.2) is 12.4 Å². The molecule has 116 valence electrons. The third-order valence-corrected chi connectivity index (χ3v) is 5.39. The second-order valence-corrected chi connectivity index (χ2v) is 7.70. The summed E-state index contributed by atoms with van der Waals surface area (Å²) in [5.74, 6) is 0.751. The van der Waals surface area contributed by atoms with Crippen molar-refractivity contribution in [1.82, 2.24) is 0 Å². The molecule has 2 aromatic carbocycles. The number of allylic oxidation sites excluding steroid dienone is 1. The molecule has 1 aliphatic rings. The molecule has 0 aliphatic carbocycles. The lowest BCUT2D eigenvalue weighted by Gasteiger charge is -2.11. The van der Waals surface area contributed by atoms with Crippen LogP contribution in [0.1, 0.15) is 15.9 Å². The highest BCUT2D eigenvalue weighted by Gasteiger charge is 2.25. The molecule has 0 fully saturated rings. The van der Waals surface area contributed by atoms with Crippen molar-refractivity contribution in [3.63, 3.8) is 0 Å². The van der Waals surface area contributed by atoms with Crippen molar-refractivity contribution >= 4 is 55.5 Å². The van der Waals surface area contributed by atoms with Gasteiger partial charge in [-0.2, -0.15) is 0 Å². The molecule has 0 aromatic heterocycles. The first kappa shape index (κ1) is 16.6. The van der Waals surface area contributed by atoms with Crippen molar-refractivity contribution in [2.45, 2.75) is 4.90 Å². The maximum absolute atomic E-state index is 12.5. The summed E-state index contributed by atoms with van der Waals surface area (Å²) in [7, 11) is 0. The van der Waals surface area contributed by atoms with Gasteiger partial charge in [-0.25, -0.2) is 0 Å². The Morgan fingerprint density at radius 1 is 1.22 bits per heavy atom. The van der Waals surface area contributed by atoms with Gasteiger partial charge in [-0.05, 0) is 46.3 Å². The summed E-state index contributed by atoms with van der Waals surface area (Å²) in [4.78, 5) is 14.2. The lowest BCUT2D eigenvalue weighted by atomic mass is 10.1. The van der Waals surface area contributed by atoms with Crippen LogP contribution in [-0.2, 0) is 0 Å². The highest BCUT2D eigenvalue weighted by molar-refractivity contribution is 9.11. The number of carbonyl (C=O) groups excluding carboxylic acids is 1. The molecule has 0 saturated heterocycles. The molecular weight excluding hydrogens is 440 g/mol. The van der Waals surface area contributed by atoms with Gasteiger partial charge in [-0.15, -0.1) is 0 Å². The minimum absolute atomic E-state index is 0.0522. The van der Waals surface area contributed by atoms with Gasteiger partial charge in [0.1, 0.15) is 12.4 Å². The molecule has 1 heterocycles. The fourth-order valence-electron chi connectivity index (χ4n) is 2.26. The molecule has 2 aromatic rings. The van der Waals surface area contributed by atoms with Gasteiger partial charge in [-0.3, -0.25) is 4.79 Å². The molecule has 0 unspecified atom stereocenters. The number of halogens is 2. The Morgan fingerprint density at radius 2 is 2.00 bits per heavy atom. The number of benzene rings is 2. The van der Waals surface area contributed by atoms with E-state index in [0.29, 0.717) is 17.3 Å². The van der Waals surface area contributed by atoms with E-state index in [4.69, 9.17) is 4.74 Å². The number of hydrogen-bond acceptors (Lipinski definition) is 3. The molecule has 3 rings (SSSR count). The van der Waals surface area contributed by atoms with E-state index in [1.165, 1.54) is 11.8 Å². The minimum Gasteiger partial charge on any atom is -0.488 e. The first-order valence-corrected chi connectivity index (χ1v) is 9.26. The maximum atomic E-state index is 12.5. The van der Waals surface area contributed by atoms with Crippen molar-refractivity contribution < 1.29 is 9.53 Å². The summed E-state index contributed by atoms with van der Waals surface area (Å²) in [5, 5.41) is 0. The third kappa shape index (κ3) is 3.47. The van der Waals surface area contributed by atoms with Gasteiger partial charge in [0.25, 0.3) is 0 Å². The van der Waals surface area contributed by atoms with Crippen molar-refractivity contribution in [3.05, 3.63) is 74.0 Å². The smallest absolute Gasteiger partial charge is 0.200 e. The maximum Gasteiger partial charge on any atom is 0.200 e. The van der Waals surface area contributed by atoms with Crippen LogP contribution in [0, 0.1) is 0 Å². The van der Waals surface area contributed by atoms with E-state index in [1.54, 1.807) is 6.08 Å². The van der Waals surface area contributed by atoms with E-state index in [-0.39, 0.29) is 5.78 Å². The number of Topliss-reactive ketones (excluding diaryl/α,β-unsaturated/α-hetero) is 1. The van der Waals surface area contributed by atoms with Crippen LogP contribution in [0.5, 0.6) is 5.75 Å². The highest BCUT2D eigenvalue weighted by Crippen LogP contribution is 2.42. The molecule has 2 nitrogen and oxygen atoms in total. The Bertz CT molecular complexity index is 828. The molecule has 1 aliphatic heterocycles. The minimum atomic E-state index is 0.0522. The van der Waals surface area contributed by atoms with Gasteiger partial charge in [0, 0.05) is 20.5 Å². The lowest BCUT2D eigenvalue weighted by molar-refractivity contribution is 0.104. The average Bonchev–Trinajstić information content (AvgIpc) is 2.83. The monoisotopic (exact) mass is 450 g/mol. The van der Waals surface area contributed by atoms with Gasteiger partial charge < -0.3 is 4.74 Å². The van der Waals surface area contributed by atoms with E-state index < -0.39 is 0 Å². The summed E-state index contributed by atoms with van der Waals surface area (Å²) in [6.45, 7) is 4.07. The molecule has 0 bridgehead atoms. The van der Waals surface area contributed by atoms with Crippen LogP contribution in [0.4, 0.5) is 0 Å². The van der Waals surface area contributed by atoms with Crippen LogP contribution in [0.2, 0.25) is 0 Å². The van der Waals surface area contributed by atoms with Gasteiger partial charge in [0.05, 0.1) is 9.38 Å². The average molecular weight is 452 g/mol. The molecule has 0 saturated carbocycles. The number of carbonyl (C=O) groups is 1. The Balaban J connectivity index is 2.03. The van der Waals surface area contributed by atoms with E-state index >= 15 is 0 Å². The summed E-state index contributed by atoms with van der Waals surface area (Å²) in [6.07, 6.45) is 3.57. The molecule has 23 heavy (non-hydrogen) atoms. The molecule has 0 radical (unpaired) electrons. The van der Waals surface area contributed by atoms with Crippen LogP contribution in [0.15, 0.2) is 67.8 Å². The zero-order chi connectivity index (χ0) is 16.4. The number of ether oxygens (including phenoxy) is 1. The molecule has 0 N–H and O–H groups in total. The first-order valence-electron chi connectivity index (χ1n) is 6.86. The predicted molar refractivity (Wildman–Crippen MR) is 102 cm³/mol. The van der Waals surface area contributed by atoms with Gasteiger partial charge >= 0.3 is 0 Å². The van der Waals surface area contributed by atoms with Crippen molar-refractivity contribution in [2.75, 3.05) is 6.61 Å². The zero-order valence-electron chi connectivity index (χ0n) is 12.0. The Labute approximate surface area is 155 Å². The van der Waals surface area contributed by atoms with Gasteiger partial charge in [0.2, 0.25) is 5.78 Å². The Morgan fingerprint density at radius 3 is 2.74 bits per heavy atom. The van der Waals surface area contributed by atoms with E-state index in [9.17, 15) is 4.79 Å². The molecule has 5 heteroatoms. The Kier molecular flexibility index (Phi) is 5.09. The normalized spacial score (nSPS) is 14.9. The topological polar surface area (TPSA) is 26.3 Å². The summed E-state index contributed by atoms with van der Waals surface area (Å²) >= 11 is 8.48. The fourth-order valence-corrected chi connectivity index (χ4v) is 4.67. The number of rotatable bonds is 4. The molecule has 0 amide bonds. The number of fused-ring (bicyclic) bond motifs is 1. The fraction of sp³-hybridized carbons (Fsp3) is 0.0556. The number of thioether (sulfide) groups is 1. The second-order valence-electron chi connectivity index (χ2n) is 4.84. The summed E-state index contributed by atoms with van der Waals surface area (Å²) in [6, 6.07) is 11.5. The highest BCUT2D eigenvalue weighted by atomic mass is 79.9. The van der Waals surface area contributed by atoms with Crippen LogP contribution >= 0.6 is 43.6 Å². The largest absolute Gasteiger partial charge is 0.488 e. The van der Waals surface area contributed by atoms with Crippen LogP contribution in [0.3, 0.4) is 0 Å². The first-order chi connectivity index (χ1) is 11.1. The van der Waals surface area contributed by atoms with Crippen LogP contribution in [0.25, 0.3) is 6.08 Å². The molecular formula is C18H12Br2O2S.